The van der Waals surface area contributed by atoms with Gasteiger partial charge in [-0.15, -0.1) is 0 Å². The van der Waals surface area contributed by atoms with E-state index in [1.54, 1.807) is 36.4 Å². The third kappa shape index (κ3) is 5.03. The molecule has 1 amide bonds. The van der Waals surface area contributed by atoms with Crippen molar-refractivity contribution >= 4 is 27.5 Å². The number of carbonyl (C=O) groups excluding carboxylic acids is 1. The zero-order chi connectivity index (χ0) is 24.8. The summed E-state index contributed by atoms with van der Waals surface area (Å²) in [4.78, 5) is 13.5. The van der Waals surface area contributed by atoms with Crippen LogP contribution in [0.4, 0.5) is 0 Å². The first kappa shape index (κ1) is 24.8. The van der Waals surface area contributed by atoms with Gasteiger partial charge in [-0.2, -0.15) is 4.31 Å². The Morgan fingerprint density at radius 2 is 1.60 bits per heavy atom. The van der Waals surface area contributed by atoms with Crippen LogP contribution in [0.1, 0.15) is 56.6 Å². The van der Waals surface area contributed by atoms with E-state index in [1.807, 2.05) is 19.1 Å². The lowest BCUT2D eigenvalue weighted by molar-refractivity contribution is -0.126. The molecule has 4 aliphatic carbocycles. The molecule has 4 bridgehead atoms. The number of halogens is 1. The van der Waals surface area contributed by atoms with Crippen LogP contribution in [0, 0.1) is 30.1 Å². The van der Waals surface area contributed by atoms with E-state index in [0.717, 1.165) is 23.3 Å². The molecule has 4 fully saturated rings. The number of aryl methyl sites for hydroxylation is 1. The number of amides is 1. The molecule has 35 heavy (non-hydrogen) atoms. The Bertz CT molecular complexity index is 1160. The maximum Gasteiger partial charge on any atom is 0.243 e. The van der Waals surface area contributed by atoms with E-state index in [1.165, 1.54) is 42.8 Å². The number of hydrogen-bond acceptors (Lipinski definition) is 3. The third-order valence-corrected chi connectivity index (χ3v) is 10.8. The second-order valence-corrected chi connectivity index (χ2v) is 13.6. The van der Waals surface area contributed by atoms with Crippen LogP contribution in [0.25, 0.3) is 0 Å². The summed E-state index contributed by atoms with van der Waals surface area (Å²) in [5.74, 6) is 2.12. The average molecular weight is 515 g/mol. The highest BCUT2D eigenvalue weighted by Gasteiger charge is 2.53. The van der Waals surface area contributed by atoms with Crippen molar-refractivity contribution in [3.05, 3.63) is 64.7 Å². The topological polar surface area (TPSA) is 66.5 Å². The lowest BCUT2D eigenvalue weighted by atomic mass is 9.48. The van der Waals surface area contributed by atoms with Gasteiger partial charge in [0.15, 0.2) is 0 Å². The third-order valence-electron chi connectivity index (χ3n) is 8.66. The van der Waals surface area contributed by atoms with Crippen molar-refractivity contribution < 1.29 is 13.2 Å². The minimum absolute atomic E-state index is 0.0349. The molecule has 1 atom stereocenters. The van der Waals surface area contributed by atoms with Crippen molar-refractivity contribution in [1.29, 1.82) is 0 Å². The molecule has 7 heteroatoms. The van der Waals surface area contributed by atoms with Gasteiger partial charge in [0.05, 0.1) is 11.4 Å². The number of nitrogens with one attached hydrogen (secondary N) is 1. The van der Waals surface area contributed by atoms with Crippen molar-refractivity contribution in [3.8, 4) is 0 Å². The quantitative estimate of drug-likeness (QED) is 0.501. The number of carbonyl (C=O) groups is 1. The lowest BCUT2D eigenvalue weighted by Gasteiger charge is -2.59. The first-order valence-electron chi connectivity index (χ1n) is 12.7. The summed E-state index contributed by atoms with van der Waals surface area (Å²) >= 11 is 6.36. The molecular weight excluding hydrogens is 480 g/mol. The van der Waals surface area contributed by atoms with Crippen molar-refractivity contribution in [2.24, 2.45) is 23.2 Å². The maximum absolute atomic E-state index is 13.6. The van der Waals surface area contributed by atoms with E-state index in [0.29, 0.717) is 10.6 Å². The van der Waals surface area contributed by atoms with Crippen molar-refractivity contribution in [2.75, 3.05) is 6.54 Å². The zero-order valence-electron chi connectivity index (χ0n) is 20.5. The Morgan fingerprint density at radius 1 is 1.03 bits per heavy atom. The Hall–Kier alpha value is -1.89. The van der Waals surface area contributed by atoms with Crippen LogP contribution in [0.15, 0.2) is 53.4 Å². The second kappa shape index (κ2) is 9.53. The van der Waals surface area contributed by atoms with Crippen LogP contribution in [0.3, 0.4) is 0 Å². The summed E-state index contributed by atoms with van der Waals surface area (Å²) in [7, 11) is -3.89. The fourth-order valence-electron chi connectivity index (χ4n) is 7.21. The molecule has 0 unspecified atom stereocenters. The summed E-state index contributed by atoms with van der Waals surface area (Å²) in [6.07, 6.45) is 7.60. The second-order valence-electron chi connectivity index (χ2n) is 11.2. The Kier molecular flexibility index (Phi) is 6.75. The normalized spacial score (nSPS) is 28.3. The van der Waals surface area contributed by atoms with E-state index in [9.17, 15) is 13.2 Å². The summed E-state index contributed by atoms with van der Waals surface area (Å²) in [6.45, 7) is 3.84. The standard InChI is InChI=1S/C28H35ClN2O3S/c1-19-7-9-25(10-8-19)35(33,34)31(17-24-5-3-4-6-26(24)29)18-27(32)30-20(2)28-14-21-11-22(15-28)13-23(12-21)16-28/h3-10,20-23H,11-18H2,1-2H3,(H,30,32)/t20-,21?,22?,23?,28?/m0/s1. The monoisotopic (exact) mass is 514 g/mol. The van der Waals surface area contributed by atoms with Gasteiger partial charge in [-0.05, 0) is 99.3 Å². The van der Waals surface area contributed by atoms with Gasteiger partial charge in [-0.3, -0.25) is 4.79 Å². The van der Waals surface area contributed by atoms with Crippen LogP contribution >= 0.6 is 11.6 Å². The molecule has 0 saturated heterocycles. The first-order valence-corrected chi connectivity index (χ1v) is 14.6. The van der Waals surface area contributed by atoms with Gasteiger partial charge >= 0.3 is 0 Å². The van der Waals surface area contributed by atoms with Crippen LogP contribution in [0.2, 0.25) is 5.02 Å². The Balaban J connectivity index is 1.35. The highest BCUT2D eigenvalue weighted by Crippen LogP contribution is 2.61. The molecule has 2 aromatic rings. The molecule has 0 spiro atoms. The average Bonchev–Trinajstić information content (AvgIpc) is 2.79. The van der Waals surface area contributed by atoms with Gasteiger partial charge in [0.25, 0.3) is 0 Å². The molecule has 0 aliphatic heterocycles. The molecular formula is C28H35ClN2O3S. The number of benzene rings is 2. The van der Waals surface area contributed by atoms with Gasteiger partial charge in [-0.1, -0.05) is 47.5 Å². The SMILES string of the molecule is Cc1ccc(S(=O)(=O)N(CC(=O)N[C@@H](C)C23CC4CC(CC(C4)C2)C3)Cc2ccccc2Cl)cc1. The lowest BCUT2D eigenvalue weighted by Crippen LogP contribution is -2.56. The van der Waals surface area contributed by atoms with Gasteiger partial charge in [0.1, 0.15) is 0 Å². The van der Waals surface area contributed by atoms with Crippen LogP contribution in [-0.2, 0) is 21.4 Å². The number of hydrogen-bond donors (Lipinski definition) is 1. The fraction of sp³-hybridized carbons (Fsp3) is 0.536. The van der Waals surface area contributed by atoms with Gasteiger partial charge in [0, 0.05) is 17.6 Å². The predicted molar refractivity (Wildman–Crippen MR) is 138 cm³/mol. The summed E-state index contributed by atoms with van der Waals surface area (Å²) in [6, 6.07) is 14.0. The van der Waals surface area contributed by atoms with Gasteiger partial charge in [-0.25, -0.2) is 8.42 Å². The summed E-state index contributed by atoms with van der Waals surface area (Å²) in [5.41, 5.74) is 1.81. The Morgan fingerprint density at radius 3 is 2.17 bits per heavy atom. The fourth-order valence-corrected chi connectivity index (χ4v) is 8.78. The molecule has 5 nitrogen and oxygen atoms in total. The van der Waals surface area contributed by atoms with Gasteiger partial charge < -0.3 is 5.32 Å². The van der Waals surface area contributed by atoms with E-state index < -0.39 is 10.0 Å². The van der Waals surface area contributed by atoms with Crippen LogP contribution < -0.4 is 5.32 Å². The molecule has 4 saturated carbocycles. The first-order chi connectivity index (χ1) is 16.6. The molecule has 188 valence electrons. The van der Waals surface area contributed by atoms with E-state index in [4.69, 9.17) is 11.6 Å². The predicted octanol–water partition coefficient (Wildman–Crippen LogP) is 5.56. The maximum atomic E-state index is 13.6. The highest BCUT2D eigenvalue weighted by atomic mass is 35.5. The minimum atomic E-state index is -3.89. The molecule has 6 rings (SSSR count). The number of sulfonamides is 1. The zero-order valence-corrected chi connectivity index (χ0v) is 22.1. The van der Waals surface area contributed by atoms with Crippen molar-refractivity contribution in [1.82, 2.24) is 9.62 Å². The smallest absolute Gasteiger partial charge is 0.243 e. The minimum Gasteiger partial charge on any atom is -0.352 e. The number of nitrogens with zero attached hydrogens (tertiary/aromatic N) is 1. The highest BCUT2D eigenvalue weighted by molar-refractivity contribution is 7.89. The largest absolute Gasteiger partial charge is 0.352 e. The summed E-state index contributed by atoms with van der Waals surface area (Å²) in [5, 5.41) is 3.71. The van der Waals surface area contributed by atoms with Crippen LogP contribution in [-0.4, -0.2) is 31.2 Å². The van der Waals surface area contributed by atoms with Crippen LogP contribution in [0.5, 0.6) is 0 Å². The molecule has 0 radical (unpaired) electrons. The molecule has 0 aromatic heterocycles. The molecule has 1 N–H and O–H groups in total. The van der Waals surface area contributed by atoms with E-state index >= 15 is 0 Å². The van der Waals surface area contributed by atoms with E-state index in [2.05, 4.69) is 12.2 Å². The summed E-state index contributed by atoms with van der Waals surface area (Å²) < 4.78 is 28.5. The molecule has 0 heterocycles. The molecule has 4 aliphatic rings. The van der Waals surface area contributed by atoms with Crippen molar-refractivity contribution in [2.45, 2.75) is 69.9 Å². The molecule has 2 aromatic carbocycles. The number of rotatable bonds is 8. The Labute approximate surface area is 214 Å². The van der Waals surface area contributed by atoms with Crippen molar-refractivity contribution in [3.63, 3.8) is 0 Å². The van der Waals surface area contributed by atoms with E-state index in [-0.39, 0.29) is 35.3 Å². The van der Waals surface area contributed by atoms with Gasteiger partial charge in [0.2, 0.25) is 15.9 Å².